The van der Waals surface area contributed by atoms with E-state index < -0.39 is 68.7 Å². The summed E-state index contributed by atoms with van der Waals surface area (Å²) in [6.07, 6.45) is 5.86. The average molecular weight is 697 g/mol. The first-order valence-electron chi connectivity index (χ1n) is 16.8. The molecule has 3 fully saturated rings. The van der Waals surface area contributed by atoms with Crippen LogP contribution in [0.5, 0.6) is 5.88 Å². The fourth-order valence-electron chi connectivity index (χ4n) is 6.32. The molecule has 5 rings (SSSR count). The molecule has 1 saturated heterocycles. The third kappa shape index (κ3) is 8.20. The Bertz CT molecular complexity index is 1730. The van der Waals surface area contributed by atoms with Crippen LogP contribution >= 0.6 is 0 Å². The van der Waals surface area contributed by atoms with Gasteiger partial charge in [0.2, 0.25) is 27.7 Å². The van der Waals surface area contributed by atoms with Crippen molar-refractivity contribution in [3.63, 3.8) is 0 Å². The van der Waals surface area contributed by atoms with Crippen LogP contribution in [0.25, 0.3) is 11.0 Å². The number of nitrogens with zero attached hydrogens (tertiary/aromatic N) is 3. The minimum Gasteiger partial charge on any atom is -0.471 e. The molecule has 2 aliphatic carbocycles. The normalized spacial score (nSPS) is 23.7. The Labute approximate surface area is 285 Å². The second-order valence-corrected chi connectivity index (χ2v) is 14.9. The van der Waals surface area contributed by atoms with Crippen molar-refractivity contribution in [2.24, 2.45) is 5.92 Å². The van der Waals surface area contributed by atoms with Crippen molar-refractivity contribution >= 4 is 44.9 Å². The predicted molar refractivity (Wildman–Crippen MR) is 181 cm³/mol. The van der Waals surface area contributed by atoms with E-state index >= 15 is 0 Å². The Morgan fingerprint density at radius 2 is 1.84 bits per heavy atom. The smallest absolute Gasteiger partial charge is 0.405 e. The first kappa shape index (κ1) is 35.8. The van der Waals surface area contributed by atoms with E-state index in [1.165, 1.54) is 11.0 Å². The molecule has 1 aromatic heterocycles. The van der Waals surface area contributed by atoms with Gasteiger partial charge < -0.3 is 25.4 Å². The number of carbonyl (C=O) groups is 4. The number of fused-ring (bicyclic) bond motifs is 1. The number of aromatic nitrogens is 2. The monoisotopic (exact) mass is 696 g/mol. The molecule has 4 N–H and O–H groups in total. The maximum atomic E-state index is 14.1. The van der Waals surface area contributed by atoms with Crippen molar-refractivity contribution < 1.29 is 37.4 Å². The number of aryl methyl sites for hydroxylation is 1. The van der Waals surface area contributed by atoms with Crippen molar-refractivity contribution in [2.75, 3.05) is 6.54 Å². The summed E-state index contributed by atoms with van der Waals surface area (Å²) in [5, 5.41) is 14.0. The van der Waals surface area contributed by atoms with Crippen LogP contribution in [0.3, 0.4) is 0 Å². The highest BCUT2D eigenvalue weighted by Crippen LogP contribution is 2.45. The number of carboxylic acid groups (broad SMARTS) is 1. The Morgan fingerprint density at radius 1 is 1.12 bits per heavy atom. The molecule has 2 heterocycles. The lowest BCUT2D eigenvalue weighted by molar-refractivity contribution is -0.141. The quantitative estimate of drug-likeness (QED) is 0.141. The van der Waals surface area contributed by atoms with Crippen LogP contribution < -0.4 is 20.1 Å². The van der Waals surface area contributed by atoms with Crippen molar-refractivity contribution in [3.8, 4) is 5.88 Å². The van der Waals surface area contributed by atoms with Gasteiger partial charge >= 0.3 is 6.09 Å². The molecule has 3 aliphatic rings. The summed E-state index contributed by atoms with van der Waals surface area (Å²) in [7, 11) is -3.90. The number of benzene rings is 1. The minimum absolute atomic E-state index is 0.00515. The summed E-state index contributed by atoms with van der Waals surface area (Å²) in [5.74, 6) is -2.42. The standard InChI is InChI=1S/C34H44N6O8S/c1-4-7-8-9-10-15-27(37-33(44)45)31(42)40-20-22(48-30-24(6-3)35-25-13-11-12-14-26(25)36-30)18-28(40)29(41)38-34(19-21(34)5-2)32(43)39-49(46,47)23-16-17-23/h4-5,11-14,21-23,27-28,37H,1-2,6-10,15-20H2,3H3,(H,38,41)(H,39,43)(H,44,45)/t21-,22-,27+,28+,34-/m1/s1. The van der Waals surface area contributed by atoms with E-state index in [9.17, 15) is 32.7 Å². The highest BCUT2D eigenvalue weighted by Gasteiger charge is 2.62. The van der Waals surface area contributed by atoms with Gasteiger partial charge in [-0.2, -0.15) is 0 Å². The lowest BCUT2D eigenvalue weighted by Crippen LogP contribution is -2.58. The second-order valence-electron chi connectivity index (χ2n) is 12.9. The Hall–Kier alpha value is -4.53. The molecule has 1 aromatic carbocycles. The van der Waals surface area contributed by atoms with Gasteiger partial charge in [-0.25, -0.2) is 23.2 Å². The Kier molecular flexibility index (Phi) is 10.9. The lowest BCUT2D eigenvalue weighted by Gasteiger charge is -2.29. The fourth-order valence-corrected chi connectivity index (χ4v) is 7.68. The summed E-state index contributed by atoms with van der Waals surface area (Å²) < 4.78 is 33.7. The van der Waals surface area contributed by atoms with Gasteiger partial charge in [-0.3, -0.25) is 19.1 Å². The van der Waals surface area contributed by atoms with E-state index in [-0.39, 0.29) is 31.7 Å². The predicted octanol–water partition coefficient (Wildman–Crippen LogP) is 2.98. The van der Waals surface area contributed by atoms with Crippen molar-refractivity contribution in [2.45, 2.75) is 100 Å². The molecule has 2 saturated carbocycles. The van der Waals surface area contributed by atoms with Gasteiger partial charge in [0.1, 0.15) is 29.4 Å². The number of ether oxygens (including phenoxy) is 1. The third-order valence-corrected chi connectivity index (χ3v) is 11.1. The van der Waals surface area contributed by atoms with Gasteiger partial charge in [0.25, 0.3) is 5.91 Å². The highest BCUT2D eigenvalue weighted by atomic mass is 32.2. The van der Waals surface area contributed by atoms with Crippen LogP contribution in [0.1, 0.15) is 70.4 Å². The van der Waals surface area contributed by atoms with Crippen LogP contribution in [0, 0.1) is 5.92 Å². The number of carbonyl (C=O) groups excluding carboxylic acids is 3. The fraction of sp³-hybridized carbons (Fsp3) is 0.529. The maximum absolute atomic E-state index is 14.1. The summed E-state index contributed by atoms with van der Waals surface area (Å²) >= 11 is 0. The molecule has 1 aliphatic heterocycles. The molecule has 0 unspecified atom stereocenters. The zero-order chi connectivity index (χ0) is 35.3. The molecule has 0 spiro atoms. The number of unbranched alkanes of at least 4 members (excludes halogenated alkanes) is 3. The zero-order valence-corrected chi connectivity index (χ0v) is 28.4. The molecule has 15 heteroatoms. The van der Waals surface area contributed by atoms with E-state index in [1.807, 2.05) is 25.1 Å². The number of sulfonamides is 1. The topological polar surface area (TPSA) is 197 Å². The molecule has 14 nitrogen and oxygen atoms in total. The molecule has 2 aromatic rings. The van der Waals surface area contributed by atoms with Crippen molar-refractivity contribution in [1.29, 1.82) is 0 Å². The largest absolute Gasteiger partial charge is 0.471 e. The van der Waals surface area contributed by atoms with E-state index in [1.54, 1.807) is 12.1 Å². The van der Waals surface area contributed by atoms with E-state index in [4.69, 9.17) is 4.74 Å². The summed E-state index contributed by atoms with van der Waals surface area (Å²) in [6.45, 7) is 9.29. The average Bonchev–Trinajstić information content (AvgIpc) is 4.00. The number of rotatable bonds is 17. The van der Waals surface area contributed by atoms with Gasteiger partial charge in [0, 0.05) is 12.3 Å². The molecular formula is C34H44N6O8S. The number of nitrogens with one attached hydrogen (secondary N) is 3. The Balaban J connectivity index is 1.40. The van der Waals surface area contributed by atoms with E-state index in [0.717, 1.165) is 19.3 Å². The van der Waals surface area contributed by atoms with Crippen molar-refractivity contribution in [3.05, 3.63) is 55.3 Å². The van der Waals surface area contributed by atoms with Gasteiger partial charge in [-0.1, -0.05) is 44.1 Å². The van der Waals surface area contributed by atoms with Crippen LogP contribution in [0.4, 0.5) is 4.79 Å². The van der Waals surface area contributed by atoms with Crippen LogP contribution in [-0.2, 0) is 30.8 Å². The van der Waals surface area contributed by atoms with E-state index in [0.29, 0.717) is 42.4 Å². The number of allylic oxidation sites excluding steroid dienone is 1. The van der Waals surface area contributed by atoms with Gasteiger partial charge in [0.15, 0.2) is 0 Å². The number of hydrogen-bond acceptors (Lipinski definition) is 9. The third-order valence-electron chi connectivity index (χ3n) is 9.31. The number of hydrogen-bond donors (Lipinski definition) is 4. The second kappa shape index (κ2) is 14.9. The van der Waals surface area contributed by atoms with Crippen LogP contribution in [0.2, 0.25) is 0 Å². The highest BCUT2D eigenvalue weighted by molar-refractivity contribution is 7.91. The first-order valence-corrected chi connectivity index (χ1v) is 18.3. The van der Waals surface area contributed by atoms with Crippen LogP contribution in [-0.4, -0.2) is 87.7 Å². The molecule has 0 radical (unpaired) electrons. The molecule has 0 bridgehead atoms. The first-order chi connectivity index (χ1) is 23.4. The summed E-state index contributed by atoms with van der Waals surface area (Å²) in [5.41, 5.74) is 0.331. The molecular weight excluding hydrogens is 652 g/mol. The number of amides is 4. The number of likely N-dealkylation sites (tertiary alicyclic amines) is 1. The van der Waals surface area contributed by atoms with Crippen molar-refractivity contribution in [1.82, 2.24) is 30.2 Å². The van der Waals surface area contributed by atoms with Gasteiger partial charge in [0.05, 0.1) is 22.8 Å². The van der Waals surface area contributed by atoms with Gasteiger partial charge in [-0.15, -0.1) is 13.2 Å². The summed E-state index contributed by atoms with van der Waals surface area (Å²) in [6, 6.07) is 5.02. The van der Waals surface area contributed by atoms with E-state index in [2.05, 4.69) is 38.5 Å². The minimum atomic E-state index is -3.90. The van der Waals surface area contributed by atoms with Gasteiger partial charge in [-0.05, 0) is 57.1 Å². The molecule has 5 atom stereocenters. The summed E-state index contributed by atoms with van der Waals surface area (Å²) in [4.78, 5) is 63.8. The molecule has 264 valence electrons. The SMILES string of the molecule is C=CCCCCC[C@H](NC(=O)O)C(=O)N1C[C@H](Oc2nc3ccccc3nc2CC)C[C@H]1C(=O)N[C@]1(C(=O)NS(=O)(=O)C2CC2)C[C@H]1C=C. The zero-order valence-electron chi connectivity index (χ0n) is 27.6. The Morgan fingerprint density at radius 3 is 2.45 bits per heavy atom. The number of para-hydroxylation sites is 2. The maximum Gasteiger partial charge on any atom is 0.405 e. The lowest BCUT2D eigenvalue weighted by atomic mass is 10.0. The molecule has 49 heavy (non-hydrogen) atoms. The molecule has 4 amide bonds. The van der Waals surface area contributed by atoms with Crippen LogP contribution in [0.15, 0.2) is 49.6 Å².